The molecule has 0 saturated carbocycles. The number of hydrogen-bond donors (Lipinski definition) is 2. The lowest BCUT2D eigenvalue weighted by Crippen LogP contribution is -2.29. The van der Waals surface area contributed by atoms with Gasteiger partial charge in [-0.25, -0.2) is 0 Å². The average Bonchev–Trinajstić information content (AvgIpc) is 2.10. The summed E-state index contributed by atoms with van der Waals surface area (Å²) in [6, 6.07) is 0. The van der Waals surface area contributed by atoms with Crippen LogP contribution >= 0.6 is 0 Å². The minimum atomic E-state index is 0.0457. The van der Waals surface area contributed by atoms with Gasteiger partial charge < -0.3 is 15.8 Å². The molecule has 12 heavy (non-hydrogen) atoms. The van der Waals surface area contributed by atoms with Crippen molar-refractivity contribution in [1.29, 1.82) is 0 Å². The van der Waals surface area contributed by atoms with E-state index < -0.39 is 0 Å². The normalized spacial score (nSPS) is 12.6. The molecule has 0 spiro atoms. The van der Waals surface area contributed by atoms with Crippen molar-refractivity contribution in [3.8, 4) is 0 Å². The molecule has 4 heteroatoms. The van der Waals surface area contributed by atoms with Gasteiger partial charge in [-0.05, 0) is 13.3 Å². The molecule has 0 aromatic carbocycles. The maximum Gasteiger partial charge on any atom is 0.220 e. The van der Waals surface area contributed by atoms with Crippen LogP contribution in [0.2, 0.25) is 0 Å². The van der Waals surface area contributed by atoms with Gasteiger partial charge in [0.25, 0.3) is 0 Å². The van der Waals surface area contributed by atoms with Crippen molar-refractivity contribution in [2.75, 3.05) is 20.2 Å². The van der Waals surface area contributed by atoms with Crippen LogP contribution in [0.25, 0.3) is 0 Å². The number of methoxy groups -OCH3 is 1. The van der Waals surface area contributed by atoms with Crippen LogP contribution in [0, 0.1) is 0 Å². The number of carbonyl (C=O) groups is 1. The summed E-state index contributed by atoms with van der Waals surface area (Å²) < 4.78 is 5.00. The van der Waals surface area contributed by atoms with Gasteiger partial charge in [-0.1, -0.05) is 0 Å². The molecule has 1 unspecified atom stereocenters. The number of rotatable bonds is 6. The molecule has 0 aliphatic carbocycles. The highest BCUT2D eigenvalue weighted by Gasteiger charge is 2.04. The smallest absolute Gasteiger partial charge is 0.220 e. The SMILES string of the molecule is COC(C)CCC(=O)NCCN. The molecule has 72 valence electrons. The Morgan fingerprint density at radius 3 is 2.83 bits per heavy atom. The molecule has 0 radical (unpaired) electrons. The minimum absolute atomic E-state index is 0.0457. The maximum atomic E-state index is 11.0. The molecule has 0 rings (SSSR count). The van der Waals surface area contributed by atoms with Crippen LogP contribution in [0.15, 0.2) is 0 Å². The first-order chi connectivity index (χ1) is 5.70. The van der Waals surface area contributed by atoms with Crippen LogP contribution in [0.3, 0.4) is 0 Å². The van der Waals surface area contributed by atoms with Crippen LogP contribution in [0.4, 0.5) is 0 Å². The molecule has 0 aromatic rings. The number of amides is 1. The van der Waals surface area contributed by atoms with Crippen molar-refractivity contribution >= 4 is 5.91 Å². The largest absolute Gasteiger partial charge is 0.382 e. The number of nitrogens with two attached hydrogens (primary N) is 1. The first-order valence-corrected chi connectivity index (χ1v) is 4.20. The van der Waals surface area contributed by atoms with Gasteiger partial charge in [-0.3, -0.25) is 4.79 Å². The summed E-state index contributed by atoms with van der Waals surface area (Å²) in [5, 5.41) is 2.69. The van der Waals surface area contributed by atoms with Crippen LogP contribution in [0.1, 0.15) is 19.8 Å². The Hall–Kier alpha value is -0.610. The first kappa shape index (κ1) is 11.4. The first-order valence-electron chi connectivity index (χ1n) is 4.20. The summed E-state index contributed by atoms with van der Waals surface area (Å²) >= 11 is 0. The second-order valence-corrected chi connectivity index (χ2v) is 2.72. The third-order valence-corrected chi connectivity index (χ3v) is 1.65. The molecule has 0 aromatic heterocycles. The lowest BCUT2D eigenvalue weighted by Gasteiger charge is -2.08. The van der Waals surface area contributed by atoms with E-state index in [1.54, 1.807) is 7.11 Å². The van der Waals surface area contributed by atoms with Crippen molar-refractivity contribution in [1.82, 2.24) is 5.32 Å². The van der Waals surface area contributed by atoms with Gasteiger partial charge in [-0.2, -0.15) is 0 Å². The lowest BCUT2D eigenvalue weighted by atomic mass is 10.2. The van der Waals surface area contributed by atoms with Gasteiger partial charge >= 0.3 is 0 Å². The van der Waals surface area contributed by atoms with Crippen LogP contribution in [-0.2, 0) is 9.53 Å². The zero-order valence-corrected chi connectivity index (χ0v) is 7.80. The molecule has 0 bridgehead atoms. The second-order valence-electron chi connectivity index (χ2n) is 2.72. The maximum absolute atomic E-state index is 11.0. The van der Waals surface area contributed by atoms with Crippen molar-refractivity contribution in [3.05, 3.63) is 0 Å². The van der Waals surface area contributed by atoms with Crippen LogP contribution < -0.4 is 11.1 Å². The molecule has 0 aliphatic rings. The van der Waals surface area contributed by atoms with Crippen molar-refractivity contribution < 1.29 is 9.53 Å². The van der Waals surface area contributed by atoms with Crippen molar-refractivity contribution in [3.63, 3.8) is 0 Å². The summed E-state index contributed by atoms with van der Waals surface area (Å²) in [5.74, 6) is 0.0457. The zero-order valence-electron chi connectivity index (χ0n) is 7.80. The molecule has 0 fully saturated rings. The monoisotopic (exact) mass is 174 g/mol. The third-order valence-electron chi connectivity index (χ3n) is 1.65. The third kappa shape index (κ3) is 6.12. The highest BCUT2D eigenvalue weighted by atomic mass is 16.5. The van der Waals surface area contributed by atoms with Crippen molar-refractivity contribution in [2.24, 2.45) is 5.73 Å². The van der Waals surface area contributed by atoms with Gasteiger partial charge in [0, 0.05) is 26.6 Å². The summed E-state index contributed by atoms with van der Waals surface area (Å²) in [7, 11) is 1.64. The van der Waals surface area contributed by atoms with E-state index in [9.17, 15) is 4.79 Å². The average molecular weight is 174 g/mol. The molecule has 0 aliphatic heterocycles. The fourth-order valence-electron chi connectivity index (χ4n) is 0.752. The summed E-state index contributed by atoms with van der Waals surface area (Å²) in [4.78, 5) is 11.0. The van der Waals surface area contributed by atoms with E-state index >= 15 is 0 Å². The van der Waals surface area contributed by atoms with Crippen molar-refractivity contribution in [2.45, 2.75) is 25.9 Å². The highest BCUT2D eigenvalue weighted by Crippen LogP contribution is 1.98. The van der Waals surface area contributed by atoms with E-state index in [4.69, 9.17) is 10.5 Å². The fraction of sp³-hybridized carbons (Fsp3) is 0.875. The summed E-state index contributed by atoms with van der Waals surface area (Å²) in [6.45, 7) is 2.99. The fourth-order valence-corrected chi connectivity index (χ4v) is 0.752. The predicted octanol–water partition coefficient (Wildman–Crippen LogP) is -0.124. The van der Waals surface area contributed by atoms with E-state index in [0.717, 1.165) is 6.42 Å². The number of hydrogen-bond acceptors (Lipinski definition) is 3. The molecular formula is C8H18N2O2. The Labute approximate surface area is 73.5 Å². The Morgan fingerprint density at radius 2 is 2.33 bits per heavy atom. The van der Waals surface area contributed by atoms with Gasteiger partial charge in [0.2, 0.25) is 5.91 Å². The Bertz CT molecular complexity index is 128. The predicted molar refractivity (Wildman–Crippen MR) is 47.8 cm³/mol. The summed E-state index contributed by atoms with van der Waals surface area (Å²) in [5.41, 5.74) is 5.22. The quantitative estimate of drug-likeness (QED) is 0.590. The number of ether oxygens (including phenoxy) is 1. The second kappa shape index (κ2) is 7.06. The lowest BCUT2D eigenvalue weighted by molar-refractivity contribution is -0.121. The molecule has 1 atom stereocenters. The van der Waals surface area contributed by atoms with E-state index in [0.29, 0.717) is 19.5 Å². The van der Waals surface area contributed by atoms with Gasteiger partial charge in [0.1, 0.15) is 0 Å². The molecule has 0 heterocycles. The molecule has 1 amide bonds. The van der Waals surface area contributed by atoms with E-state index in [2.05, 4.69) is 5.32 Å². The van der Waals surface area contributed by atoms with Gasteiger partial charge in [0.15, 0.2) is 0 Å². The Balaban J connectivity index is 3.31. The Morgan fingerprint density at radius 1 is 1.67 bits per heavy atom. The van der Waals surface area contributed by atoms with Crippen LogP contribution in [0.5, 0.6) is 0 Å². The highest BCUT2D eigenvalue weighted by molar-refractivity contribution is 5.75. The Kier molecular flexibility index (Phi) is 6.70. The molecule has 3 N–H and O–H groups in total. The van der Waals surface area contributed by atoms with Crippen LogP contribution in [-0.4, -0.2) is 32.2 Å². The summed E-state index contributed by atoms with van der Waals surface area (Å²) in [6.07, 6.45) is 1.41. The molecule has 0 saturated heterocycles. The van der Waals surface area contributed by atoms with Gasteiger partial charge in [-0.15, -0.1) is 0 Å². The topological polar surface area (TPSA) is 64.3 Å². The number of nitrogens with one attached hydrogen (secondary N) is 1. The molecular weight excluding hydrogens is 156 g/mol. The zero-order chi connectivity index (χ0) is 9.40. The minimum Gasteiger partial charge on any atom is -0.382 e. The van der Waals surface area contributed by atoms with E-state index in [-0.39, 0.29) is 12.0 Å². The van der Waals surface area contributed by atoms with Gasteiger partial charge in [0.05, 0.1) is 6.10 Å². The number of carbonyl (C=O) groups excluding carboxylic acids is 1. The molecule has 4 nitrogen and oxygen atoms in total. The standard InChI is InChI=1S/C8H18N2O2/c1-7(12-2)3-4-8(11)10-6-5-9/h7H,3-6,9H2,1-2H3,(H,10,11). The van der Waals surface area contributed by atoms with E-state index in [1.165, 1.54) is 0 Å². The van der Waals surface area contributed by atoms with E-state index in [1.807, 2.05) is 6.92 Å².